The van der Waals surface area contributed by atoms with Gasteiger partial charge in [0.15, 0.2) is 23.0 Å². The van der Waals surface area contributed by atoms with Crippen LogP contribution in [0, 0.1) is 11.8 Å². The third-order valence-electron chi connectivity index (χ3n) is 7.45. The summed E-state index contributed by atoms with van der Waals surface area (Å²) >= 11 is 0. The Morgan fingerprint density at radius 3 is 2.62 bits per heavy atom. The number of ether oxygens (including phenoxy) is 4. The van der Waals surface area contributed by atoms with E-state index in [9.17, 15) is 9.90 Å². The Morgan fingerprint density at radius 1 is 1.03 bits per heavy atom. The molecule has 3 heterocycles. The molecule has 0 radical (unpaired) electrons. The number of hydrogen-bond donors (Lipinski definition) is 1. The number of hydrogen-bond acceptors (Lipinski definition) is 7. The van der Waals surface area contributed by atoms with Gasteiger partial charge in [0.2, 0.25) is 12.2 Å². The molecule has 1 saturated heterocycles. The van der Waals surface area contributed by atoms with Crippen molar-refractivity contribution in [3.05, 3.63) is 41.5 Å². The molecule has 0 bridgehead atoms. The minimum Gasteiger partial charge on any atom is -0.504 e. The van der Waals surface area contributed by atoms with E-state index in [1.54, 1.807) is 11.0 Å². The van der Waals surface area contributed by atoms with E-state index in [1.807, 2.05) is 18.2 Å². The van der Waals surface area contributed by atoms with Gasteiger partial charge < -0.3 is 29.0 Å². The molecule has 37 heavy (non-hydrogen) atoms. The molecular formula is C29H38N2O6. The van der Waals surface area contributed by atoms with Gasteiger partial charge in [-0.1, -0.05) is 19.1 Å². The Hall–Kier alpha value is -3.13. The Labute approximate surface area is 219 Å². The lowest BCUT2D eigenvalue weighted by Crippen LogP contribution is -2.35. The topological polar surface area (TPSA) is 80.7 Å². The summed E-state index contributed by atoms with van der Waals surface area (Å²) in [4.78, 5) is 16.2. The first-order chi connectivity index (χ1) is 18.1. The molecule has 8 heteroatoms. The highest BCUT2D eigenvalue weighted by molar-refractivity contribution is 5.54. The Kier molecular flexibility index (Phi) is 8.24. The number of likely N-dealkylation sites (tertiary alicyclic amines) is 1. The number of carbonyl (C=O) groups excluding carboxylic acids is 1. The van der Waals surface area contributed by atoms with Crippen molar-refractivity contribution < 1.29 is 28.8 Å². The molecule has 1 atom stereocenters. The van der Waals surface area contributed by atoms with Gasteiger partial charge in [0.05, 0.1) is 13.2 Å². The quantitative estimate of drug-likeness (QED) is 0.506. The predicted molar refractivity (Wildman–Crippen MR) is 139 cm³/mol. The van der Waals surface area contributed by atoms with Crippen LogP contribution in [-0.4, -0.2) is 67.4 Å². The van der Waals surface area contributed by atoms with Crippen molar-refractivity contribution >= 4 is 6.41 Å². The molecular weight excluding hydrogens is 472 g/mol. The smallest absolute Gasteiger partial charge is 0.210 e. The standard InChI is InChI=1S/C29H38N2O6/c1-21(17-31(20-32)18-23-15-25(33)29-27(16-23)34-10-3-11-36-29)14-22-6-8-30(9-7-22)19-24-4-2-5-26-28(24)37-13-12-35-26/h2,4-5,15-16,20-22,33H,3,6-14,17-19H2,1H3. The maximum Gasteiger partial charge on any atom is 0.210 e. The van der Waals surface area contributed by atoms with E-state index in [2.05, 4.69) is 17.9 Å². The van der Waals surface area contributed by atoms with Crippen molar-refractivity contribution in [3.63, 3.8) is 0 Å². The molecule has 0 aromatic heterocycles. The van der Waals surface area contributed by atoms with E-state index in [0.29, 0.717) is 62.9 Å². The minimum absolute atomic E-state index is 0.0650. The first kappa shape index (κ1) is 25.5. The maximum absolute atomic E-state index is 11.9. The van der Waals surface area contributed by atoms with Crippen LogP contribution in [0.25, 0.3) is 0 Å². The first-order valence-electron chi connectivity index (χ1n) is 13.5. The predicted octanol–water partition coefficient (Wildman–Crippen LogP) is 4.22. The van der Waals surface area contributed by atoms with Crippen LogP contribution in [0.4, 0.5) is 0 Å². The number of carbonyl (C=O) groups is 1. The number of para-hydroxylation sites is 1. The summed E-state index contributed by atoms with van der Waals surface area (Å²) < 4.78 is 23.0. The van der Waals surface area contributed by atoms with Crippen molar-refractivity contribution in [1.29, 1.82) is 0 Å². The number of amides is 1. The molecule has 2 aromatic carbocycles. The molecule has 3 aliphatic rings. The molecule has 1 unspecified atom stereocenters. The fourth-order valence-corrected chi connectivity index (χ4v) is 5.70. The molecule has 5 rings (SSSR count). The second-order valence-corrected chi connectivity index (χ2v) is 10.5. The summed E-state index contributed by atoms with van der Waals surface area (Å²) in [6, 6.07) is 9.71. The number of phenols is 1. The normalized spacial score (nSPS) is 18.6. The van der Waals surface area contributed by atoms with Crippen molar-refractivity contribution in [1.82, 2.24) is 9.80 Å². The molecule has 0 saturated carbocycles. The lowest BCUT2D eigenvalue weighted by molar-refractivity contribution is -0.119. The largest absolute Gasteiger partial charge is 0.504 e. The van der Waals surface area contributed by atoms with Gasteiger partial charge in [0, 0.05) is 31.6 Å². The summed E-state index contributed by atoms with van der Waals surface area (Å²) in [6.45, 7) is 8.66. The van der Waals surface area contributed by atoms with Crippen LogP contribution in [0.3, 0.4) is 0 Å². The van der Waals surface area contributed by atoms with Crippen LogP contribution in [0.1, 0.15) is 43.7 Å². The molecule has 1 amide bonds. The van der Waals surface area contributed by atoms with Gasteiger partial charge in [-0.2, -0.15) is 0 Å². The molecule has 2 aromatic rings. The van der Waals surface area contributed by atoms with Gasteiger partial charge in [-0.15, -0.1) is 0 Å². The zero-order valence-electron chi connectivity index (χ0n) is 21.7. The minimum atomic E-state index is 0.0650. The second kappa shape index (κ2) is 11.9. The number of benzene rings is 2. The van der Waals surface area contributed by atoms with Gasteiger partial charge in [-0.25, -0.2) is 0 Å². The van der Waals surface area contributed by atoms with E-state index in [-0.39, 0.29) is 5.75 Å². The summed E-state index contributed by atoms with van der Waals surface area (Å²) in [5.41, 5.74) is 2.04. The third kappa shape index (κ3) is 6.42. The fourth-order valence-electron chi connectivity index (χ4n) is 5.70. The van der Waals surface area contributed by atoms with Gasteiger partial charge in [0.1, 0.15) is 13.2 Å². The molecule has 200 valence electrons. The third-order valence-corrected chi connectivity index (χ3v) is 7.45. The number of rotatable bonds is 9. The van der Waals surface area contributed by atoms with E-state index >= 15 is 0 Å². The average molecular weight is 511 g/mol. The van der Waals surface area contributed by atoms with Crippen LogP contribution < -0.4 is 18.9 Å². The highest BCUT2D eigenvalue weighted by Gasteiger charge is 2.24. The molecule has 0 spiro atoms. The Bertz CT molecular complexity index is 1070. The van der Waals surface area contributed by atoms with Crippen molar-refractivity contribution in [2.75, 3.05) is 46.1 Å². The lowest BCUT2D eigenvalue weighted by Gasteiger charge is -2.34. The number of phenolic OH excluding ortho intramolecular Hbond substituents is 1. The van der Waals surface area contributed by atoms with Gasteiger partial charge in [-0.05, 0) is 68.0 Å². The highest BCUT2D eigenvalue weighted by Crippen LogP contribution is 2.40. The molecule has 1 N–H and O–H groups in total. The van der Waals surface area contributed by atoms with E-state index in [4.69, 9.17) is 18.9 Å². The van der Waals surface area contributed by atoms with Crippen LogP contribution in [0.2, 0.25) is 0 Å². The molecule has 1 fully saturated rings. The van der Waals surface area contributed by atoms with Crippen LogP contribution in [0.15, 0.2) is 30.3 Å². The van der Waals surface area contributed by atoms with E-state index in [0.717, 1.165) is 68.8 Å². The number of fused-ring (bicyclic) bond motifs is 2. The monoisotopic (exact) mass is 510 g/mol. The highest BCUT2D eigenvalue weighted by atomic mass is 16.6. The number of nitrogens with zero attached hydrogens (tertiary/aromatic N) is 2. The van der Waals surface area contributed by atoms with Gasteiger partial charge >= 0.3 is 0 Å². The van der Waals surface area contributed by atoms with E-state index in [1.165, 1.54) is 5.56 Å². The van der Waals surface area contributed by atoms with Crippen LogP contribution >= 0.6 is 0 Å². The summed E-state index contributed by atoms with van der Waals surface area (Å²) in [7, 11) is 0. The fraction of sp³-hybridized carbons (Fsp3) is 0.552. The lowest BCUT2D eigenvalue weighted by atomic mass is 9.87. The molecule has 8 nitrogen and oxygen atoms in total. The van der Waals surface area contributed by atoms with E-state index < -0.39 is 0 Å². The van der Waals surface area contributed by atoms with Gasteiger partial charge in [0.25, 0.3) is 0 Å². The van der Waals surface area contributed by atoms with Crippen molar-refractivity contribution in [2.45, 2.75) is 45.7 Å². The van der Waals surface area contributed by atoms with Crippen molar-refractivity contribution in [3.8, 4) is 28.7 Å². The van der Waals surface area contributed by atoms with Crippen LogP contribution in [0.5, 0.6) is 28.7 Å². The Morgan fingerprint density at radius 2 is 1.78 bits per heavy atom. The number of aromatic hydroxyl groups is 1. The average Bonchev–Trinajstić information content (AvgIpc) is 3.16. The maximum atomic E-state index is 11.9. The summed E-state index contributed by atoms with van der Waals surface area (Å²) in [5.74, 6) is 3.82. The van der Waals surface area contributed by atoms with Crippen LogP contribution in [-0.2, 0) is 17.9 Å². The second-order valence-electron chi connectivity index (χ2n) is 10.5. The molecule has 0 aliphatic carbocycles. The molecule has 3 aliphatic heterocycles. The van der Waals surface area contributed by atoms with Gasteiger partial charge in [-0.3, -0.25) is 9.69 Å². The summed E-state index contributed by atoms with van der Waals surface area (Å²) in [6.07, 6.45) is 5.10. The first-order valence-corrected chi connectivity index (χ1v) is 13.5. The zero-order valence-corrected chi connectivity index (χ0v) is 21.7. The Balaban J connectivity index is 1.09. The number of piperidine rings is 1. The summed E-state index contributed by atoms with van der Waals surface area (Å²) in [5, 5.41) is 10.4. The SMILES string of the molecule is CC(CC1CCN(Cc2cccc3c2OCCO3)CC1)CN(C=O)Cc1cc(O)c2c(c1)OCCCO2. The van der Waals surface area contributed by atoms with Crippen molar-refractivity contribution in [2.24, 2.45) is 11.8 Å². The zero-order chi connectivity index (χ0) is 25.6.